The maximum Gasteiger partial charge on any atom is 0.408 e. The van der Waals surface area contributed by atoms with Crippen LogP contribution in [0.3, 0.4) is 0 Å². The minimum Gasteiger partial charge on any atom is -0.489 e. The van der Waals surface area contributed by atoms with Crippen LogP contribution in [0.25, 0.3) is 10.9 Å². The first-order valence-electron chi connectivity index (χ1n) is 23.6. The Bertz CT molecular complexity index is 2280. The Labute approximate surface area is 375 Å². The van der Waals surface area contributed by atoms with Crippen molar-refractivity contribution in [2.45, 2.75) is 157 Å². The fraction of sp³-hybridized carbons (Fsp3) is 0.681. The van der Waals surface area contributed by atoms with E-state index in [1.54, 1.807) is 13.0 Å². The highest BCUT2D eigenvalue weighted by molar-refractivity contribution is 7.91. The predicted octanol–water partition coefficient (Wildman–Crippen LogP) is 5.43. The molecular weight excluding hydrogens is 844 g/mol. The molecule has 2 bridgehead atoms. The maximum absolute atomic E-state index is 15.8. The molecule has 17 heteroatoms. The molecule has 0 spiro atoms. The zero-order valence-corrected chi connectivity index (χ0v) is 37.9. The van der Waals surface area contributed by atoms with Crippen LogP contribution >= 0.6 is 0 Å². The van der Waals surface area contributed by atoms with Gasteiger partial charge in [0.05, 0.1) is 16.9 Å². The van der Waals surface area contributed by atoms with Crippen LogP contribution in [0.15, 0.2) is 30.9 Å². The number of piperidine rings is 1. The quantitative estimate of drug-likeness (QED) is 0.273. The second-order valence-corrected chi connectivity index (χ2v) is 22.1. The number of halogens is 1. The molecule has 9 rings (SSSR count). The fourth-order valence-corrected chi connectivity index (χ4v) is 11.8. The van der Waals surface area contributed by atoms with Crippen LogP contribution in [0.1, 0.15) is 115 Å². The molecule has 6 fully saturated rings. The van der Waals surface area contributed by atoms with Crippen molar-refractivity contribution in [3.8, 4) is 11.6 Å². The van der Waals surface area contributed by atoms with Crippen LogP contribution < -0.4 is 24.8 Å². The van der Waals surface area contributed by atoms with E-state index in [2.05, 4.69) is 33.9 Å². The number of sulfonamides is 1. The van der Waals surface area contributed by atoms with Gasteiger partial charge in [0.1, 0.15) is 53.0 Å². The lowest BCUT2D eigenvalue weighted by molar-refractivity contribution is -0.142. The number of para-hydroxylation sites is 1. The minimum atomic E-state index is -4.04. The number of carbonyl (C=O) groups excluding carboxylic acids is 4. The molecule has 1 aromatic heterocycles. The Kier molecular flexibility index (Phi) is 12.4. The van der Waals surface area contributed by atoms with Crippen LogP contribution in [-0.2, 0) is 35.6 Å². The average molecular weight is 907 g/mol. The lowest BCUT2D eigenvalue weighted by atomic mass is 9.83. The second-order valence-electron chi connectivity index (χ2n) is 19.9. The number of carbonyl (C=O) groups is 4. The van der Waals surface area contributed by atoms with Crippen LogP contribution in [-0.4, -0.2) is 114 Å². The predicted molar refractivity (Wildman–Crippen MR) is 235 cm³/mol. The van der Waals surface area contributed by atoms with Crippen LogP contribution in [0, 0.1) is 23.6 Å². The summed E-state index contributed by atoms with van der Waals surface area (Å²) >= 11 is 0. The van der Waals surface area contributed by atoms with E-state index in [4.69, 9.17) is 19.2 Å². The third-order valence-electron chi connectivity index (χ3n) is 15.2. The number of fused-ring (bicyclic) bond motifs is 5. The van der Waals surface area contributed by atoms with E-state index in [1.165, 1.54) is 17.0 Å². The molecule has 7 atom stereocenters. The van der Waals surface area contributed by atoms with Crippen molar-refractivity contribution in [2.24, 2.45) is 17.8 Å². The number of nitrogens with zero attached hydrogens (tertiary/aromatic N) is 3. The van der Waals surface area contributed by atoms with Crippen LogP contribution in [0.4, 0.5) is 9.18 Å². The molecule has 15 nitrogen and oxygen atoms in total. The van der Waals surface area contributed by atoms with Crippen molar-refractivity contribution in [3.63, 3.8) is 0 Å². The number of pyridine rings is 1. The van der Waals surface area contributed by atoms with Crippen molar-refractivity contribution >= 4 is 44.7 Å². The molecule has 348 valence electrons. The number of nitrogens with one attached hydrogen (secondary N) is 3. The van der Waals surface area contributed by atoms with E-state index < -0.39 is 74.0 Å². The zero-order valence-electron chi connectivity index (χ0n) is 37.1. The zero-order chi connectivity index (χ0) is 45.0. The molecule has 4 aliphatic carbocycles. The number of likely N-dealkylation sites (tertiary alicyclic amines) is 1. The van der Waals surface area contributed by atoms with E-state index in [1.807, 2.05) is 6.07 Å². The summed E-state index contributed by atoms with van der Waals surface area (Å²) in [5, 5.41) is 6.35. The number of aromatic nitrogens is 1. The van der Waals surface area contributed by atoms with Gasteiger partial charge in [-0.25, -0.2) is 22.6 Å². The maximum atomic E-state index is 15.8. The highest BCUT2D eigenvalue weighted by atomic mass is 32.2. The van der Waals surface area contributed by atoms with Crippen molar-refractivity contribution in [1.82, 2.24) is 30.1 Å². The summed E-state index contributed by atoms with van der Waals surface area (Å²) in [6, 6.07) is 2.63. The number of hydrogen-bond acceptors (Lipinski definition) is 11. The number of amides is 4. The first-order valence-corrected chi connectivity index (χ1v) is 25.1. The van der Waals surface area contributed by atoms with Gasteiger partial charge in [-0.3, -0.25) is 19.1 Å². The Morgan fingerprint density at radius 2 is 1.72 bits per heavy atom. The van der Waals surface area contributed by atoms with Gasteiger partial charge < -0.3 is 34.6 Å². The molecule has 3 N–H and O–H groups in total. The van der Waals surface area contributed by atoms with Crippen molar-refractivity contribution in [3.05, 3.63) is 42.2 Å². The van der Waals surface area contributed by atoms with E-state index in [0.717, 1.165) is 77.3 Å². The molecule has 4 saturated carbocycles. The lowest BCUT2D eigenvalue weighted by Crippen LogP contribution is -2.59. The van der Waals surface area contributed by atoms with Gasteiger partial charge in [-0.05, 0) is 109 Å². The number of hydrogen-bond donors (Lipinski definition) is 3. The largest absolute Gasteiger partial charge is 0.489 e. The Morgan fingerprint density at radius 3 is 2.42 bits per heavy atom. The molecule has 4 heterocycles. The summed E-state index contributed by atoms with van der Waals surface area (Å²) in [6.07, 6.45) is 11.0. The van der Waals surface area contributed by atoms with Gasteiger partial charge in [-0.15, -0.1) is 6.58 Å². The Morgan fingerprint density at radius 1 is 1.00 bits per heavy atom. The molecule has 4 amide bonds. The van der Waals surface area contributed by atoms with Gasteiger partial charge in [-0.2, -0.15) is 0 Å². The number of benzene rings is 1. The summed E-state index contributed by atoms with van der Waals surface area (Å²) in [4.78, 5) is 65.8. The molecule has 2 aromatic rings. The fourth-order valence-electron chi connectivity index (χ4n) is 10.5. The van der Waals surface area contributed by atoms with Crippen LogP contribution in [0.5, 0.6) is 11.6 Å². The standard InChI is InChI=1S/C47H63FN6O9S/c1-4-30-26-47(30,44(57)52-64(59,60)46(2)20-21-46)51-41(55)36-25-32-27-54(36)43(56)38(28-12-7-5-8-13-28)50-45(58)63-37-24-29(37)14-9-6-10-15-34-40(61-31-18-22-53(3)23-19-31)33-16-11-17-35(48)39(33)49-42(34)62-32/h4,11,16-17,28-32,36-38H,1,5-10,12-15,18-27H2,2-3H3,(H,50,58)(H,51,55)(H,52,57)/t29-,30+,32-,36+,37-,38+,47-/m1/s1. The number of alkyl carbamates (subject to hydrolysis) is 1. The van der Waals surface area contributed by atoms with E-state index in [0.29, 0.717) is 48.8 Å². The first-order chi connectivity index (χ1) is 30.7. The van der Waals surface area contributed by atoms with E-state index in [9.17, 15) is 22.8 Å². The summed E-state index contributed by atoms with van der Waals surface area (Å²) in [7, 11) is -1.96. The van der Waals surface area contributed by atoms with Gasteiger partial charge in [0, 0.05) is 30.8 Å². The molecule has 64 heavy (non-hydrogen) atoms. The topological polar surface area (TPSA) is 186 Å². The molecule has 1 aromatic carbocycles. The third kappa shape index (κ3) is 9.04. The first kappa shape index (κ1) is 44.7. The molecule has 0 radical (unpaired) electrons. The van der Waals surface area contributed by atoms with Gasteiger partial charge in [0.2, 0.25) is 27.7 Å². The van der Waals surface area contributed by atoms with Crippen molar-refractivity contribution < 1.29 is 46.2 Å². The molecule has 2 saturated heterocycles. The Hall–Kier alpha value is -4.51. The monoisotopic (exact) mass is 906 g/mol. The number of ether oxygens (including phenoxy) is 3. The van der Waals surface area contributed by atoms with Gasteiger partial charge in [0.25, 0.3) is 5.91 Å². The Balaban J connectivity index is 1.08. The molecule has 7 aliphatic rings. The average Bonchev–Trinajstić information content (AvgIpc) is 4.24. The minimum absolute atomic E-state index is 0.0302. The number of rotatable bonds is 9. The molecule has 0 unspecified atom stereocenters. The normalized spacial score (nSPS) is 31.5. The third-order valence-corrected chi connectivity index (χ3v) is 17.4. The summed E-state index contributed by atoms with van der Waals surface area (Å²) in [5.41, 5.74) is -0.802. The van der Waals surface area contributed by atoms with E-state index >= 15 is 9.18 Å². The molecule has 3 aliphatic heterocycles. The van der Waals surface area contributed by atoms with Gasteiger partial charge in [-0.1, -0.05) is 44.2 Å². The van der Waals surface area contributed by atoms with Gasteiger partial charge >= 0.3 is 6.09 Å². The SMILES string of the molecule is C=C[C@H]1C[C@]1(NC(=O)[C@@H]1C[C@@H]2CN1C(=O)[C@H](C1CCCCC1)NC(=O)O[C@@H]1C[C@H]1CCCCCc1c(nc3c(F)cccc3c1OC1CCN(C)CC1)O2)C(=O)NS(=O)(=O)C1(C)CC1. The highest BCUT2D eigenvalue weighted by Crippen LogP contribution is 2.48. The lowest BCUT2D eigenvalue weighted by Gasteiger charge is -2.34. The second kappa shape index (κ2) is 17.7. The van der Waals surface area contributed by atoms with Crippen molar-refractivity contribution in [2.75, 3.05) is 26.7 Å². The van der Waals surface area contributed by atoms with Gasteiger partial charge in [0.15, 0.2) is 0 Å². The van der Waals surface area contributed by atoms with Crippen LogP contribution in [0.2, 0.25) is 0 Å². The van der Waals surface area contributed by atoms with E-state index in [-0.39, 0.29) is 54.8 Å². The summed E-state index contributed by atoms with van der Waals surface area (Å²) in [5.74, 6) is -2.38. The summed E-state index contributed by atoms with van der Waals surface area (Å²) in [6.45, 7) is 7.05. The van der Waals surface area contributed by atoms with Crippen molar-refractivity contribution in [1.29, 1.82) is 0 Å². The molecular formula is C47H63FN6O9S. The highest BCUT2D eigenvalue weighted by Gasteiger charge is 2.63. The summed E-state index contributed by atoms with van der Waals surface area (Å²) < 4.78 is 63.0. The smallest absolute Gasteiger partial charge is 0.408 e.